The van der Waals surface area contributed by atoms with Gasteiger partial charge in [-0.3, -0.25) is 4.98 Å². The zero-order valence-electron chi connectivity index (χ0n) is 17.1. The highest BCUT2D eigenvalue weighted by atomic mass is 35.5. The molecule has 26 heavy (non-hydrogen) atoms. The minimum absolute atomic E-state index is 0. The summed E-state index contributed by atoms with van der Waals surface area (Å²) in [5.74, 6) is 0. The first-order chi connectivity index (χ1) is 12.3. The molecule has 0 radical (unpaired) electrons. The normalized spacial score (nSPS) is 9.77. The molecule has 0 aromatic carbocycles. The van der Waals surface area contributed by atoms with E-state index in [1.54, 1.807) is 12.3 Å². The van der Waals surface area contributed by atoms with E-state index in [-0.39, 0.29) is 12.4 Å². The van der Waals surface area contributed by atoms with Crippen LogP contribution in [-0.2, 0) is 0 Å². The van der Waals surface area contributed by atoms with Crippen molar-refractivity contribution in [2.75, 3.05) is 6.54 Å². The predicted molar refractivity (Wildman–Crippen MR) is 121 cm³/mol. The van der Waals surface area contributed by atoms with Gasteiger partial charge in [0.05, 0.1) is 5.69 Å². The summed E-state index contributed by atoms with van der Waals surface area (Å²) in [5, 5.41) is 0. The third-order valence-electron chi connectivity index (χ3n) is 4.45. The fourth-order valence-electron chi connectivity index (χ4n) is 2.84. The minimum Gasteiger partial charge on any atom is -0.330 e. The Hall–Kier alpha value is -0.860. The standard InChI is InChI=1S/C16H35N.C7H7N.ClH/c1-2-3-4-5-6-7-8-9-10-11-12-13-14-15-16-17;1-2-7-5-3-4-6-8-7;/h2-17H2,1H3;2-6H,1H2;1H. The summed E-state index contributed by atoms with van der Waals surface area (Å²) in [7, 11) is 0. The van der Waals surface area contributed by atoms with Gasteiger partial charge in [0.2, 0.25) is 0 Å². The van der Waals surface area contributed by atoms with E-state index in [2.05, 4.69) is 18.5 Å². The van der Waals surface area contributed by atoms with Crippen LogP contribution in [-0.4, -0.2) is 11.5 Å². The third kappa shape index (κ3) is 21.2. The molecular formula is C23H43ClN2. The lowest BCUT2D eigenvalue weighted by Crippen LogP contribution is -1.97. The quantitative estimate of drug-likeness (QED) is 0.317. The monoisotopic (exact) mass is 382 g/mol. The number of halogens is 1. The number of hydrogen-bond acceptors (Lipinski definition) is 2. The molecule has 0 aliphatic rings. The van der Waals surface area contributed by atoms with Gasteiger partial charge in [-0.2, -0.15) is 0 Å². The molecule has 0 fully saturated rings. The first kappa shape index (κ1) is 27.4. The first-order valence-electron chi connectivity index (χ1n) is 10.6. The molecule has 0 bridgehead atoms. The lowest BCUT2D eigenvalue weighted by molar-refractivity contribution is 0.536. The molecule has 0 saturated heterocycles. The molecule has 1 rings (SSSR count). The van der Waals surface area contributed by atoms with Gasteiger partial charge in [0.15, 0.2) is 0 Å². The van der Waals surface area contributed by atoms with Crippen LogP contribution in [0.2, 0.25) is 0 Å². The van der Waals surface area contributed by atoms with E-state index < -0.39 is 0 Å². The van der Waals surface area contributed by atoms with Crippen molar-refractivity contribution in [2.24, 2.45) is 5.73 Å². The molecule has 152 valence electrons. The molecule has 1 heterocycles. The van der Waals surface area contributed by atoms with Crippen LogP contribution < -0.4 is 5.73 Å². The van der Waals surface area contributed by atoms with Gasteiger partial charge in [0.25, 0.3) is 0 Å². The van der Waals surface area contributed by atoms with Crippen molar-refractivity contribution >= 4 is 18.5 Å². The number of hydrogen-bond donors (Lipinski definition) is 1. The summed E-state index contributed by atoms with van der Waals surface area (Å²) in [4.78, 5) is 3.98. The van der Waals surface area contributed by atoms with Crippen molar-refractivity contribution in [3.63, 3.8) is 0 Å². The van der Waals surface area contributed by atoms with Crippen molar-refractivity contribution < 1.29 is 0 Å². The highest BCUT2D eigenvalue weighted by molar-refractivity contribution is 5.85. The average Bonchev–Trinajstić information content (AvgIpc) is 2.67. The van der Waals surface area contributed by atoms with Crippen LogP contribution in [0.3, 0.4) is 0 Å². The molecule has 0 aliphatic heterocycles. The molecule has 0 amide bonds. The second-order valence-corrected chi connectivity index (χ2v) is 6.84. The smallest absolute Gasteiger partial charge is 0.0623 e. The van der Waals surface area contributed by atoms with Crippen LogP contribution >= 0.6 is 12.4 Å². The Balaban J connectivity index is 0. The first-order valence-corrected chi connectivity index (χ1v) is 10.6. The Labute approximate surface area is 169 Å². The highest BCUT2D eigenvalue weighted by Crippen LogP contribution is 2.12. The van der Waals surface area contributed by atoms with Crippen molar-refractivity contribution in [1.29, 1.82) is 0 Å². The number of pyridine rings is 1. The molecule has 3 heteroatoms. The SMILES string of the molecule is C=Cc1ccccn1.CCCCCCCCCCCCCCCCN.Cl. The van der Waals surface area contributed by atoms with Gasteiger partial charge < -0.3 is 5.73 Å². The van der Waals surface area contributed by atoms with E-state index in [4.69, 9.17) is 5.73 Å². The van der Waals surface area contributed by atoms with E-state index in [0.717, 1.165) is 12.2 Å². The van der Waals surface area contributed by atoms with Gasteiger partial charge in [0, 0.05) is 6.20 Å². The average molecular weight is 383 g/mol. The summed E-state index contributed by atoms with van der Waals surface area (Å²) in [6, 6.07) is 5.73. The van der Waals surface area contributed by atoms with Crippen LogP contribution in [0.5, 0.6) is 0 Å². The number of nitrogens with two attached hydrogens (primary N) is 1. The second kappa shape index (κ2) is 24.1. The Morgan fingerprint density at radius 3 is 1.58 bits per heavy atom. The summed E-state index contributed by atoms with van der Waals surface area (Å²) in [5.41, 5.74) is 6.39. The van der Waals surface area contributed by atoms with E-state index in [1.807, 2.05) is 18.2 Å². The number of unbranched alkanes of at least 4 members (excludes halogenated alkanes) is 13. The zero-order chi connectivity index (χ0) is 18.4. The maximum atomic E-state index is 5.47. The van der Waals surface area contributed by atoms with Crippen molar-refractivity contribution in [1.82, 2.24) is 4.98 Å². The Kier molecular flexibility index (Phi) is 25.4. The van der Waals surface area contributed by atoms with E-state index in [9.17, 15) is 0 Å². The van der Waals surface area contributed by atoms with E-state index >= 15 is 0 Å². The largest absolute Gasteiger partial charge is 0.330 e. The molecule has 0 saturated carbocycles. The lowest BCUT2D eigenvalue weighted by atomic mass is 10.0. The summed E-state index contributed by atoms with van der Waals surface area (Å²) in [6.07, 6.45) is 23.3. The molecule has 0 unspecified atom stereocenters. The van der Waals surface area contributed by atoms with Gasteiger partial charge in [-0.1, -0.05) is 103 Å². The van der Waals surface area contributed by atoms with E-state index in [1.165, 1.54) is 89.9 Å². The van der Waals surface area contributed by atoms with Crippen molar-refractivity contribution in [3.05, 3.63) is 36.7 Å². The maximum Gasteiger partial charge on any atom is 0.0623 e. The van der Waals surface area contributed by atoms with Crippen LogP contribution in [0.15, 0.2) is 31.0 Å². The van der Waals surface area contributed by atoms with Crippen molar-refractivity contribution in [3.8, 4) is 0 Å². The van der Waals surface area contributed by atoms with Gasteiger partial charge in [-0.15, -0.1) is 12.4 Å². The Morgan fingerprint density at radius 1 is 0.808 bits per heavy atom. The van der Waals surface area contributed by atoms with Crippen LogP contribution in [0, 0.1) is 0 Å². The Morgan fingerprint density at radius 2 is 1.27 bits per heavy atom. The number of aromatic nitrogens is 1. The lowest BCUT2D eigenvalue weighted by Gasteiger charge is -2.02. The fourth-order valence-corrected chi connectivity index (χ4v) is 2.84. The van der Waals surface area contributed by atoms with Crippen molar-refractivity contribution in [2.45, 2.75) is 96.8 Å². The van der Waals surface area contributed by atoms with Crippen LogP contribution in [0.1, 0.15) is 103 Å². The highest BCUT2D eigenvalue weighted by Gasteiger charge is 1.93. The predicted octanol–water partition coefficient (Wildman–Crippen LogP) is 7.57. The summed E-state index contributed by atoms with van der Waals surface area (Å²) < 4.78 is 0. The molecule has 0 atom stereocenters. The summed E-state index contributed by atoms with van der Waals surface area (Å²) >= 11 is 0. The minimum atomic E-state index is 0. The molecular weight excluding hydrogens is 340 g/mol. The van der Waals surface area contributed by atoms with Gasteiger partial charge >= 0.3 is 0 Å². The zero-order valence-corrected chi connectivity index (χ0v) is 17.9. The number of rotatable bonds is 15. The summed E-state index contributed by atoms with van der Waals surface area (Å²) in [6.45, 7) is 6.73. The molecule has 1 aromatic rings. The topological polar surface area (TPSA) is 38.9 Å². The molecule has 0 spiro atoms. The van der Waals surface area contributed by atoms with E-state index in [0.29, 0.717) is 0 Å². The molecule has 1 aromatic heterocycles. The van der Waals surface area contributed by atoms with Gasteiger partial charge in [0.1, 0.15) is 0 Å². The second-order valence-electron chi connectivity index (χ2n) is 6.84. The van der Waals surface area contributed by atoms with Crippen LogP contribution in [0.4, 0.5) is 0 Å². The maximum absolute atomic E-state index is 5.47. The van der Waals surface area contributed by atoms with Gasteiger partial charge in [-0.25, -0.2) is 0 Å². The number of nitrogens with zero attached hydrogens (tertiary/aromatic N) is 1. The molecule has 0 aliphatic carbocycles. The fraction of sp³-hybridized carbons (Fsp3) is 0.696. The van der Waals surface area contributed by atoms with Gasteiger partial charge in [-0.05, 0) is 31.2 Å². The third-order valence-corrected chi connectivity index (χ3v) is 4.45. The van der Waals surface area contributed by atoms with Crippen LogP contribution in [0.25, 0.3) is 6.08 Å². The Bertz CT molecular complexity index is 354. The molecule has 2 nitrogen and oxygen atoms in total. The molecule has 2 N–H and O–H groups in total.